The van der Waals surface area contributed by atoms with Crippen molar-refractivity contribution >= 4 is 0 Å². The van der Waals surface area contributed by atoms with Gasteiger partial charge in [-0.15, -0.1) is 0 Å². The van der Waals surface area contributed by atoms with Gasteiger partial charge >= 0.3 is 0 Å². The minimum Gasteiger partial charge on any atom is -0.474 e. The predicted octanol–water partition coefficient (Wildman–Crippen LogP) is 1.76. The minimum atomic E-state index is -0.596. The van der Waals surface area contributed by atoms with Gasteiger partial charge in [-0.2, -0.15) is 0 Å². The maximum atomic E-state index is 5.65. The van der Waals surface area contributed by atoms with E-state index in [4.69, 9.17) is 10.5 Å². The van der Waals surface area contributed by atoms with E-state index in [1.807, 2.05) is 44.2 Å². The Labute approximate surface area is 67.0 Å². The summed E-state index contributed by atoms with van der Waals surface area (Å²) in [5.41, 5.74) is 5.05. The standard InChI is InChI=1S/C9H13NO/c1-9(2,10)11-8-6-4-3-5-7-8/h3-7H,10H2,1-2H3. The summed E-state index contributed by atoms with van der Waals surface area (Å²) in [6.45, 7) is 3.64. The highest BCUT2D eigenvalue weighted by Gasteiger charge is 2.10. The van der Waals surface area contributed by atoms with Crippen LogP contribution < -0.4 is 10.5 Å². The lowest BCUT2D eigenvalue weighted by molar-refractivity contribution is 0.117. The number of hydrogen-bond donors (Lipinski definition) is 1. The average molecular weight is 151 g/mol. The van der Waals surface area contributed by atoms with Gasteiger partial charge < -0.3 is 4.74 Å². The smallest absolute Gasteiger partial charge is 0.152 e. The number of rotatable bonds is 2. The summed E-state index contributed by atoms with van der Waals surface area (Å²) < 4.78 is 5.38. The van der Waals surface area contributed by atoms with Gasteiger partial charge in [0.05, 0.1) is 0 Å². The van der Waals surface area contributed by atoms with Crippen LogP contribution in [0.15, 0.2) is 30.3 Å². The Morgan fingerprint density at radius 1 is 1.18 bits per heavy atom. The molecule has 0 spiro atoms. The van der Waals surface area contributed by atoms with Crippen molar-refractivity contribution in [1.82, 2.24) is 0 Å². The number of hydrogen-bond acceptors (Lipinski definition) is 2. The molecule has 1 rings (SSSR count). The number of nitrogens with two attached hydrogens (primary N) is 1. The van der Waals surface area contributed by atoms with Gasteiger partial charge in [-0.3, -0.25) is 5.73 Å². The molecule has 2 heteroatoms. The Hall–Kier alpha value is -1.02. The lowest BCUT2D eigenvalue weighted by atomic mass is 10.3. The van der Waals surface area contributed by atoms with E-state index in [9.17, 15) is 0 Å². The Kier molecular flexibility index (Phi) is 2.15. The first-order valence-electron chi connectivity index (χ1n) is 3.61. The first-order chi connectivity index (χ1) is 5.08. The molecule has 0 amide bonds. The summed E-state index contributed by atoms with van der Waals surface area (Å²) in [4.78, 5) is 0. The van der Waals surface area contributed by atoms with Gasteiger partial charge in [-0.25, -0.2) is 0 Å². The van der Waals surface area contributed by atoms with Crippen LogP contribution >= 0.6 is 0 Å². The quantitative estimate of drug-likeness (QED) is 0.654. The van der Waals surface area contributed by atoms with E-state index in [0.29, 0.717) is 0 Å². The monoisotopic (exact) mass is 151 g/mol. The summed E-state index contributed by atoms with van der Waals surface area (Å²) in [6.07, 6.45) is 0. The molecule has 0 aliphatic carbocycles. The normalized spacial score (nSPS) is 11.2. The van der Waals surface area contributed by atoms with Crippen LogP contribution in [-0.2, 0) is 0 Å². The Morgan fingerprint density at radius 3 is 2.18 bits per heavy atom. The van der Waals surface area contributed by atoms with Crippen LogP contribution in [0.1, 0.15) is 13.8 Å². The fourth-order valence-corrected chi connectivity index (χ4v) is 0.792. The molecule has 0 aliphatic heterocycles. The maximum Gasteiger partial charge on any atom is 0.152 e. The zero-order valence-electron chi connectivity index (χ0n) is 6.87. The van der Waals surface area contributed by atoms with Gasteiger partial charge in [0.1, 0.15) is 5.75 Å². The summed E-state index contributed by atoms with van der Waals surface area (Å²) in [6, 6.07) is 9.54. The van der Waals surface area contributed by atoms with Crippen molar-refractivity contribution in [3.63, 3.8) is 0 Å². The highest BCUT2D eigenvalue weighted by Crippen LogP contribution is 2.13. The molecule has 0 aliphatic rings. The van der Waals surface area contributed by atoms with Gasteiger partial charge in [-0.05, 0) is 26.0 Å². The van der Waals surface area contributed by atoms with E-state index < -0.39 is 5.72 Å². The number of ether oxygens (including phenoxy) is 1. The molecule has 0 unspecified atom stereocenters. The van der Waals surface area contributed by atoms with Gasteiger partial charge in [-0.1, -0.05) is 18.2 Å². The fraction of sp³-hybridized carbons (Fsp3) is 0.333. The molecule has 1 aromatic rings. The van der Waals surface area contributed by atoms with Crippen LogP contribution in [0.2, 0.25) is 0 Å². The summed E-state index contributed by atoms with van der Waals surface area (Å²) in [7, 11) is 0. The molecule has 0 aromatic heterocycles. The molecule has 60 valence electrons. The molecule has 0 saturated carbocycles. The average Bonchev–Trinajstić information content (AvgIpc) is 1.85. The zero-order chi connectivity index (χ0) is 8.32. The van der Waals surface area contributed by atoms with Crippen LogP contribution in [0.4, 0.5) is 0 Å². The van der Waals surface area contributed by atoms with Crippen LogP contribution in [-0.4, -0.2) is 5.72 Å². The molecule has 2 N–H and O–H groups in total. The molecule has 0 saturated heterocycles. The lowest BCUT2D eigenvalue weighted by Gasteiger charge is -2.20. The van der Waals surface area contributed by atoms with Gasteiger partial charge in [0.25, 0.3) is 0 Å². The van der Waals surface area contributed by atoms with Gasteiger partial charge in [0, 0.05) is 0 Å². The third-order valence-corrected chi connectivity index (χ3v) is 1.12. The number of para-hydroxylation sites is 1. The van der Waals surface area contributed by atoms with E-state index in [1.54, 1.807) is 0 Å². The van der Waals surface area contributed by atoms with Crippen LogP contribution in [0.5, 0.6) is 5.75 Å². The van der Waals surface area contributed by atoms with Crippen molar-refractivity contribution in [2.75, 3.05) is 0 Å². The van der Waals surface area contributed by atoms with Crippen molar-refractivity contribution in [3.05, 3.63) is 30.3 Å². The van der Waals surface area contributed by atoms with E-state index >= 15 is 0 Å². The fourth-order valence-electron chi connectivity index (χ4n) is 0.792. The molecule has 1 aromatic carbocycles. The number of benzene rings is 1. The third-order valence-electron chi connectivity index (χ3n) is 1.12. The Morgan fingerprint density at radius 2 is 1.73 bits per heavy atom. The zero-order valence-corrected chi connectivity index (χ0v) is 6.87. The summed E-state index contributed by atoms with van der Waals surface area (Å²) >= 11 is 0. The van der Waals surface area contributed by atoms with Crippen molar-refractivity contribution in [2.24, 2.45) is 5.73 Å². The molecule has 0 atom stereocenters. The second-order valence-electron chi connectivity index (χ2n) is 3.02. The van der Waals surface area contributed by atoms with E-state index in [1.165, 1.54) is 0 Å². The Bertz CT molecular complexity index is 213. The SMILES string of the molecule is CC(C)(N)Oc1ccccc1. The first-order valence-corrected chi connectivity index (χ1v) is 3.61. The van der Waals surface area contributed by atoms with Crippen LogP contribution in [0, 0.1) is 0 Å². The van der Waals surface area contributed by atoms with E-state index in [2.05, 4.69) is 0 Å². The summed E-state index contributed by atoms with van der Waals surface area (Å²) in [5, 5.41) is 0. The highest BCUT2D eigenvalue weighted by molar-refractivity contribution is 5.21. The van der Waals surface area contributed by atoms with Crippen LogP contribution in [0.25, 0.3) is 0 Å². The van der Waals surface area contributed by atoms with Crippen molar-refractivity contribution in [2.45, 2.75) is 19.6 Å². The first kappa shape index (κ1) is 8.08. The molecule has 11 heavy (non-hydrogen) atoms. The van der Waals surface area contributed by atoms with Crippen molar-refractivity contribution in [1.29, 1.82) is 0 Å². The highest BCUT2D eigenvalue weighted by atomic mass is 16.5. The second-order valence-corrected chi connectivity index (χ2v) is 3.02. The van der Waals surface area contributed by atoms with Crippen molar-refractivity contribution < 1.29 is 4.74 Å². The van der Waals surface area contributed by atoms with Crippen LogP contribution in [0.3, 0.4) is 0 Å². The lowest BCUT2D eigenvalue weighted by Crippen LogP contribution is -2.38. The van der Waals surface area contributed by atoms with Gasteiger partial charge in [0.2, 0.25) is 0 Å². The molecular formula is C9H13NO. The third kappa shape index (κ3) is 3.05. The second kappa shape index (κ2) is 2.93. The molecular weight excluding hydrogens is 138 g/mol. The minimum absolute atomic E-state index is 0.596. The molecule has 0 heterocycles. The van der Waals surface area contributed by atoms with Crippen molar-refractivity contribution in [3.8, 4) is 5.75 Å². The maximum absolute atomic E-state index is 5.65. The largest absolute Gasteiger partial charge is 0.474 e. The molecule has 0 bridgehead atoms. The van der Waals surface area contributed by atoms with E-state index in [-0.39, 0.29) is 0 Å². The molecule has 0 radical (unpaired) electrons. The van der Waals surface area contributed by atoms with E-state index in [0.717, 1.165) is 5.75 Å². The summed E-state index contributed by atoms with van der Waals surface area (Å²) in [5.74, 6) is 0.806. The van der Waals surface area contributed by atoms with Gasteiger partial charge in [0.15, 0.2) is 5.72 Å². The Balaban J connectivity index is 2.66. The predicted molar refractivity (Wildman–Crippen MR) is 45.3 cm³/mol. The molecule has 0 fully saturated rings. The molecule has 2 nitrogen and oxygen atoms in total. The topological polar surface area (TPSA) is 35.2 Å².